The molecule has 1 atom stereocenters. The molecule has 1 aliphatic rings. The number of rotatable bonds is 5. The number of pyridine rings is 1. The Morgan fingerprint density at radius 2 is 1.93 bits per heavy atom. The van der Waals surface area contributed by atoms with Gasteiger partial charge in [0, 0.05) is 42.7 Å². The maximum absolute atomic E-state index is 12.6. The minimum atomic E-state index is -1.06. The zero-order valence-corrected chi connectivity index (χ0v) is 24.4. The standard InChI is InChI=1S/C33H32ClN3O6/c1-21-24(8-5-9-27(21)23-6-3-2-4-7-23)19-43-31-14-30-25(13-28(31)34)17-37-29(33(39)40)20-41-11-10-36-32(38)26-12-22(18-42-30)15-35-16-26/h2-9,12-16,29,37H,10-11,17-20H2,1H3,(H,36,38)(H,39,40). The number of hydrogen-bond acceptors (Lipinski definition) is 7. The first-order valence-electron chi connectivity index (χ1n) is 13.9. The molecule has 10 heteroatoms. The van der Waals surface area contributed by atoms with Gasteiger partial charge in [-0.15, -0.1) is 0 Å². The van der Waals surface area contributed by atoms with E-state index in [1.54, 1.807) is 24.4 Å². The van der Waals surface area contributed by atoms with E-state index < -0.39 is 12.0 Å². The van der Waals surface area contributed by atoms with Crippen LogP contribution in [-0.2, 0) is 29.3 Å². The first-order valence-corrected chi connectivity index (χ1v) is 14.2. The smallest absolute Gasteiger partial charge is 0.323 e. The summed E-state index contributed by atoms with van der Waals surface area (Å²) < 4.78 is 17.9. The highest BCUT2D eigenvalue weighted by molar-refractivity contribution is 6.32. The maximum atomic E-state index is 12.6. The second kappa shape index (κ2) is 14.2. The molecule has 1 amide bonds. The van der Waals surface area contributed by atoms with Crippen molar-refractivity contribution in [3.05, 3.63) is 112 Å². The van der Waals surface area contributed by atoms with Crippen molar-refractivity contribution in [2.45, 2.75) is 32.7 Å². The number of carbonyl (C=O) groups is 2. The van der Waals surface area contributed by atoms with Crippen molar-refractivity contribution in [2.24, 2.45) is 0 Å². The molecular weight excluding hydrogens is 570 g/mol. The number of nitrogens with zero attached hydrogens (tertiary/aromatic N) is 1. The summed E-state index contributed by atoms with van der Waals surface area (Å²) in [7, 11) is 0. The Morgan fingerprint density at radius 3 is 2.74 bits per heavy atom. The molecule has 1 unspecified atom stereocenters. The van der Waals surface area contributed by atoms with Gasteiger partial charge in [0.1, 0.15) is 30.8 Å². The molecule has 0 radical (unpaired) electrons. The molecule has 0 fully saturated rings. The lowest BCUT2D eigenvalue weighted by Gasteiger charge is -2.19. The van der Waals surface area contributed by atoms with Crippen molar-refractivity contribution in [1.82, 2.24) is 15.6 Å². The average Bonchev–Trinajstić information content (AvgIpc) is 3.01. The van der Waals surface area contributed by atoms with Gasteiger partial charge in [0.15, 0.2) is 0 Å². The molecule has 0 aliphatic carbocycles. The summed E-state index contributed by atoms with van der Waals surface area (Å²) >= 11 is 6.67. The van der Waals surface area contributed by atoms with E-state index in [9.17, 15) is 14.7 Å². The van der Waals surface area contributed by atoms with Crippen molar-refractivity contribution in [3.8, 4) is 22.6 Å². The molecule has 3 aromatic carbocycles. The van der Waals surface area contributed by atoms with Gasteiger partial charge in [0.2, 0.25) is 0 Å². The fourth-order valence-electron chi connectivity index (χ4n) is 4.73. The minimum Gasteiger partial charge on any atom is -0.488 e. The van der Waals surface area contributed by atoms with Crippen LogP contribution in [0.15, 0.2) is 79.1 Å². The monoisotopic (exact) mass is 601 g/mol. The number of aromatic nitrogens is 1. The van der Waals surface area contributed by atoms with Crippen molar-refractivity contribution in [1.29, 1.82) is 0 Å². The predicted octanol–water partition coefficient (Wildman–Crippen LogP) is 5.17. The largest absolute Gasteiger partial charge is 0.488 e. The molecule has 3 N–H and O–H groups in total. The molecule has 1 aromatic heterocycles. The summed E-state index contributed by atoms with van der Waals surface area (Å²) in [5.41, 5.74) is 6.07. The lowest BCUT2D eigenvalue weighted by Crippen LogP contribution is -2.41. The van der Waals surface area contributed by atoms with E-state index in [1.165, 1.54) is 6.20 Å². The van der Waals surface area contributed by atoms with Crippen LogP contribution in [-0.4, -0.2) is 47.8 Å². The minimum absolute atomic E-state index is 0.0885. The molecule has 2 bridgehead atoms. The second-order valence-corrected chi connectivity index (χ2v) is 10.5. The van der Waals surface area contributed by atoms with Gasteiger partial charge in [0.25, 0.3) is 5.91 Å². The maximum Gasteiger partial charge on any atom is 0.323 e. The third-order valence-electron chi connectivity index (χ3n) is 7.13. The van der Waals surface area contributed by atoms with Crippen LogP contribution in [0.3, 0.4) is 0 Å². The fourth-order valence-corrected chi connectivity index (χ4v) is 4.97. The number of benzene rings is 3. The summed E-state index contributed by atoms with van der Waals surface area (Å²) in [5, 5.41) is 15.8. The van der Waals surface area contributed by atoms with E-state index in [-0.39, 0.29) is 45.4 Å². The molecule has 222 valence electrons. The summed E-state index contributed by atoms with van der Waals surface area (Å²) in [6.07, 6.45) is 3.10. The first kappa shape index (κ1) is 30.0. The molecule has 4 aromatic rings. The predicted molar refractivity (Wildman–Crippen MR) is 162 cm³/mol. The van der Waals surface area contributed by atoms with Gasteiger partial charge in [-0.1, -0.05) is 60.1 Å². The topological polar surface area (TPSA) is 119 Å². The lowest BCUT2D eigenvalue weighted by atomic mass is 9.97. The first-order chi connectivity index (χ1) is 20.9. The van der Waals surface area contributed by atoms with Crippen LogP contribution in [0.25, 0.3) is 11.1 Å². The van der Waals surface area contributed by atoms with Gasteiger partial charge < -0.3 is 24.6 Å². The SMILES string of the molecule is Cc1c(COc2cc3c(cc2Cl)CNC(C(=O)O)COCCNC(=O)c2cncc(c2)CO3)cccc1-c1ccccc1. The van der Waals surface area contributed by atoms with Crippen LogP contribution in [0, 0.1) is 6.92 Å². The zero-order valence-electron chi connectivity index (χ0n) is 23.6. The van der Waals surface area contributed by atoms with Crippen LogP contribution >= 0.6 is 11.6 Å². The van der Waals surface area contributed by atoms with E-state index in [1.807, 2.05) is 30.3 Å². The summed E-state index contributed by atoms with van der Waals surface area (Å²) in [6.45, 7) is 2.91. The van der Waals surface area contributed by atoms with Gasteiger partial charge >= 0.3 is 5.97 Å². The van der Waals surface area contributed by atoms with Crippen LogP contribution in [0.2, 0.25) is 5.02 Å². The highest BCUT2D eigenvalue weighted by Crippen LogP contribution is 2.35. The Morgan fingerprint density at radius 1 is 1.09 bits per heavy atom. The second-order valence-electron chi connectivity index (χ2n) is 10.1. The number of ether oxygens (including phenoxy) is 3. The van der Waals surface area contributed by atoms with Crippen molar-refractivity contribution >= 4 is 23.5 Å². The van der Waals surface area contributed by atoms with E-state index >= 15 is 0 Å². The Labute approximate surface area is 254 Å². The molecule has 0 saturated carbocycles. The van der Waals surface area contributed by atoms with Gasteiger partial charge in [0.05, 0.1) is 23.8 Å². The number of hydrogen-bond donors (Lipinski definition) is 3. The van der Waals surface area contributed by atoms with Crippen molar-refractivity contribution in [2.75, 3.05) is 19.8 Å². The summed E-state index contributed by atoms with van der Waals surface area (Å²) in [6, 6.07) is 20.4. The number of fused-ring (bicyclic) bond motifs is 3. The summed E-state index contributed by atoms with van der Waals surface area (Å²) in [4.78, 5) is 28.6. The average molecular weight is 602 g/mol. The van der Waals surface area contributed by atoms with E-state index in [2.05, 4.69) is 40.7 Å². The number of carboxylic acid groups (broad SMARTS) is 1. The van der Waals surface area contributed by atoms with Crippen LogP contribution < -0.4 is 20.1 Å². The third kappa shape index (κ3) is 7.70. The van der Waals surface area contributed by atoms with Gasteiger partial charge in [-0.05, 0) is 41.3 Å². The van der Waals surface area contributed by atoms with E-state index in [4.69, 9.17) is 25.8 Å². The van der Waals surface area contributed by atoms with Crippen LogP contribution in [0.4, 0.5) is 0 Å². The number of aliphatic carboxylic acids is 1. The lowest BCUT2D eigenvalue weighted by molar-refractivity contribution is -0.141. The van der Waals surface area contributed by atoms with Crippen LogP contribution in [0.5, 0.6) is 11.5 Å². The molecule has 0 saturated heterocycles. The molecule has 0 spiro atoms. The highest BCUT2D eigenvalue weighted by Gasteiger charge is 2.20. The molecule has 9 nitrogen and oxygen atoms in total. The molecule has 43 heavy (non-hydrogen) atoms. The van der Waals surface area contributed by atoms with E-state index in [0.717, 1.165) is 22.3 Å². The normalized spacial score (nSPS) is 16.0. The number of amides is 1. The molecule has 1 aliphatic heterocycles. The van der Waals surface area contributed by atoms with Gasteiger partial charge in [-0.3, -0.25) is 19.9 Å². The number of nitrogens with one attached hydrogen (secondary N) is 2. The Kier molecular flexibility index (Phi) is 9.88. The van der Waals surface area contributed by atoms with E-state index in [0.29, 0.717) is 33.2 Å². The van der Waals surface area contributed by atoms with Crippen LogP contribution in [0.1, 0.15) is 32.6 Å². The Bertz CT molecular complexity index is 1600. The quantitative estimate of drug-likeness (QED) is 0.287. The summed E-state index contributed by atoms with van der Waals surface area (Å²) in [5.74, 6) is -0.502. The Balaban J connectivity index is 1.41. The van der Waals surface area contributed by atoms with Crippen molar-refractivity contribution < 1.29 is 28.9 Å². The third-order valence-corrected chi connectivity index (χ3v) is 7.43. The fraction of sp³-hybridized carbons (Fsp3) is 0.242. The number of halogens is 1. The number of carboxylic acids is 1. The Hall–Kier alpha value is -4.44. The molecule has 5 rings (SSSR count). The van der Waals surface area contributed by atoms with Crippen molar-refractivity contribution in [3.63, 3.8) is 0 Å². The highest BCUT2D eigenvalue weighted by atomic mass is 35.5. The number of carbonyl (C=O) groups excluding carboxylic acids is 1. The zero-order chi connectivity index (χ0) is 30.2. The van der Waals surface area contributed by atoms with Gasteiger partial charge in [-0.2, -0.15) is 0 Å². The molecule has 2 heterocycles. The van der Waals surface area contributed by atoms with Gasteiger partial charge in [-0.25, -0.2) is 0 Å². The molecular formula is C33H32ClN3O6.